The van der Waals surface area contributed by atoms with Crippen molar-refractivity contribution in [1.82, 2.24) is 25.1 Å². The van der Waals surface area contributed by atoms with Crippen LogP contribution in [0.5, 0.6) is 0 Å². The van der Waals surface area contributed by atoms with Crippen molar-refractivity contribution in [2.45, 2.75) is 19.9 Å². The van der Waals surface area contributed by atoms with Crippen molar-refractivity contribution in [3.63, 3.8) is 0 Å². The molecular formula is C18H18N6O3. The Kier molecular flexibility index (Phi) is 4.41. The van der Waals surface area contributed by atoms with E-state index in [0.29, 0.717) is 24.5 Å². The Morgan fingerprint density at radius 2 is 2.26 bits per heavy atom. The number of aromatic nitrogens is 4. The number of aryl methyl sites for hydroxylation is 1. The lowest BCUT2D eigenvalue weighted by Crippen LogP contribution is -2.27. The molecule has 0 bridgehead atoms. The first-order chi connectivity index (χ1) is 13.1. The molecular weight excluding hydrogens is 348 g/mol. The quantitative estimate of drug-likeness (QED) is 0.734. The molecule has 1 aliphatic heterocycles. The average Bonchev–Trinajstić information content (AvgIpc) is 3.39. The van der Waals surface area contributed by atoms with Gasteiger partial charge in [-0.2, -0.15) is 0 Å². The second-order valence-corrected chi connectivity index (χ2v) is 6.50. The molecule has 1 unspecified atom stereocenters. The highest BCUT2D eigenvalue weighted by Crippen LogP contribution is 2.23. The average molecular weight is 366 g/mol. The van der Waals surface area contributed by atoms with Crippen LogP contribution >= 0.6 is 0 Å². The van der Waals surface area contributed by atoms with E-state index >= 15 is 0 Å². The molecule has 2 aromatic heterocycles. The standard InChI is InChI=1S/C18H18N6O3/c1-12-7-14(4-5-16(12)24-11-19-21-22-24)20-18(26)13-8-17(25)23(9-13)10-15-3-2-6-27-15/h2-7,11,13H,8-10H2,1H3,(H,20,26). The molecule has 1 N–H and O–H groups in total. The molecule has 9 nitrogen and oxygen atoms in total. The molecule has 1 fully saturated rings. The van der Waals surface area contributed by atoms with Crippen molar-refractivity contribution < 1.29 is 14.0 Å². The van der Waals surface area contributed by atoms with Crippen LogP contribution in [-0.4, -0.2) is 43.5 Å². The van der Waals surface area contributed by atoms with Gasteiger partial charge in [0.15, 0.2) is 0 Å². The molecule has 1 saturated heterocycles. The molecule has 1 atom stereocenters. The summed E-state index contributed by atoms with van der Waals surface area (Å²) in [4.78, 5) is 26.4. The van der Waals surface area contributed by atoms with Crippen LogP contribution in [0.3, 0.4) is 0 Å². The Balaban J connectivity index is 1.40. The van der Waals surface area contributed by atoms with Crippen LogP contribution < -0.4 is 5.32 Å². The smallest absolute Gasteiger partial charge is 0.229 e. The summed E-state index contributed by atoms with van der Waals surface area (Å²) >= 11 is 0. The van der Waals surface area contributed by atoms with E-state index in [9.17, 15) is 9.59 Å². The minimum Gasteiger partial charge on any atom is -0.467 e. The van der Waals surface area contributed by atoms with Crippen LogP contribution in [0.1, 0.15) is 17.7 Å². The maximum atomic E-state index is 12.6. The molecule has 0 radical (unpaired) electrons. The molecule has 3 heterocycles. The van der Waals surface area contributed by atoms with E-state index in [1.807, 2.05) is 25.1 Å². The number of likely N-dealkylation sites (tertiary alicyclic amines) is 1. The predicted octanol–water partition coefficient (Wildman–Crippen LogP) is 1.55. The lowest BCUT2D eigenvalue weighted by atomic mass is 10.1. The van der Waals surface area contributed by atoms with Crippen molar-refractivity contribution in [2.75, 3.05) is 11.9 Å². The van der Waals surface area contributed by atoms with Gasteiger partial charge in [-0.1, -0.05) is 0 Å². The van der Waals surface area contributed by atoms with Crippen LogP contribution in [0.2, 0.25) is 0 Å². The van der Waals surface area contributed by atoms with Gasteiger partial charge in [0.2, 0.25) is 11.8 Å². The molecule has 0 saturated carbocycles. The summed E-state index contributed by atoms with van der Waals surface area (Å²) < 4.78 is 6.84. The van der Waals surface area contributed by atoms with Crippen molar-refractivity contribution in [3.8, 4) is 5.69 Å². The number of tetrazole rings is 1. The number of hydrogen-bond acceptors (Lipinski definition) is 6. The first-order valence-corrected chi connectivity index (χ1v) is 8.55. The number of nitrogens with one attached hydrogen (secondary N) is 1. The summed E-state index contributed by atoms with van der Waals surface area (Å²) in [7, 11) is 0. The molecule has 0 spiro atoms. The molecule has 9 heteroatoms. The SMILES string of the molecule is Cc1cc(NC(=O)C2CC(=O)N(Cc3ccco3)C2)ccc1-n1cnnn1. The third kappa shape index (κ3) is 3.57. The second kappa shape index (κ2) is 7.02. The Hall–Kier alpha value is -3.49. The molecule has 1 aliphatic rings. The topological polar surface area (TPSA) is 106 Å². The summed E-state index contributed by atoms with van der Waals surface area (Å²) in [5.41, 5.74) is 2.42. The van der Waals surface area contributed by atoms with Crippen LogP contribution in [0.25, 0.3) is 5.69 Å². The summed E-state index contributed by atoms with van der Waals surface area (Å²) in [6, 6.07) is 9.08. The maximum absolute atomic E-state index is 12.6. The van der Waals surface area contributed by atoms with Gasteiger partial charge in [0, 0.05) is 18.7 Å². The zero-order chi connectivity index (χ0) is 18.8. The molecule has 0 aliphatic carbocycles. The number of amides is 2. The highest BCUT2D eigenvalue weighted by atomic mass is 16.3. The van der Waals surface area contributed by atoms with E-state index in [0.717, 1.165) is 11.3 Å². The van der Waals surface area contributed by atoms with E-state index < -0.39 is 0 Å². The van der Waals surface area contributed by atoms with Crippen LogP contribution in [0.4, 0.5) is 5.69 Å². The number of furan rings is 1. The monoisotopic (exact) mass is 366 g/mol. The van der Waals surface area contributed by atoms with E-state index in [1.165, 1.54) is 6.33 Å². The Labute approximate surface area is 155 Å². The van der Waals surface area contributed by atoms with Gasteiger partial charge in [-0.25, -0.2) is 4.68 Å². The summed E-state index contributed by atoms with van der Waals surface area (Å²) in [6.07, 6.45) is 3.29. The Morgan fingerprint density at radius 3 is 2.96 bits per heavy atom. The van der Waals surface area contributed by atoms with Gasteiger partial charge in [0.1, 0.15) is 12.1 Å². The van der Waals surface area contributed by atoms with E-state index in [-0.39, 0.29) is 24.2 Å². The van der Waals surface area contributed by atoms with Crippen molar-refractivity contribution in [1.29, 1.82) is 0 Å². The molecule has 3 aromatic rings. The number of nitrogens with zero attached hydrogens (tertiary/aromatic N) is 5. The van der Waals surface area contributed by atoms with Crippen molar-refractivity contribution in [2.24, 2.45) is 5.92 Å². The number of anilines is 1. The van der Waals surface area contributed by atoms with Gasteiger partial charge in [-0.05, 0) is 53.2 Å². The Bertz CT molecular complexity index is 952. The maximum Gasteiger partial charge on any atom is 0.229 e. The lowest BCUT2D eigenvalue weighted by Gasteiger charge is -2.15. The van der Waals surface area contributed by atoms with E-state index in [4.69, 9.17) is 4.42 Å². The number of carbonyl (C=O) groups excluding carboxylic acids is 2. The minimum atomic E-state index is -0.382. The fourth-order valence-electron chi connectivity index (χ4n) is 3.20. The van der Waals surface area contributed by atoms with Gasteiger partial charge >= 0.3 is 0 Å². The lowest BCUT2D eigenvalue weighted by molar-refractivity contribution is -0.128. The highest BCUT2D eigenvalue weighted by molar-refractivity contribution is 5.97. The molecule has 1 aromatic carbocycles. The van der Waals surface area contributed by atoms with Gasteiger partial charge in [-0.15, -0.1) is 5.10 Å². The zero-order valence-electron chi connectivity index (χ0n) is 14.7. The number of rotatable bonds is 5. The summed E-state index contributed by atoms with van der Waals surface area (Å²) in [6.45, 7) is 2.68. The van der Waals surface area contributed by atoms with Crippen LogP contribution in [0, 0.1) is 12.8 Å². The molecule has 27 heavy (non-hydrogen) atoms. The Morgan fingerprint density at radius 1 is 1.37 bits per heavy atom. The first kappa shape index (κ1) is 17.0. The van der Waals surface area contributed by atoms with Gasteiger partial charge in [0.05, 0.1) is 24.4 Å². The number of benzene rings is 1. The summed E-state index contributed by atoms with van der Waals surface area (Å²) in [5, 5.41) is 14.0. The van der Waals surface area contributed by atoms with Gasteiger partial charge in [-0.3, -0.25) is 9.59 Å². The molecule has 138 valence electrons. The van der Waals surface area contributed by atoms with Crippen molar-refractivity contribution >= 4 is 17.5 Å². The third-order valence-corrected chi connectivity index (χ3v) is 4.57. The molecule has 4 rings (SSSR count). The normalized spacial score (nSPS) is 16.7. The van der Waals surface area contributed by atoms with Crippen molar-refractivity contribution in [3.05, 3.63) is 54.2 Å². The third-order valence-electron chi connectivity index (χ3n) is 4.57. The summed E-state index contributed by atoms with van der Waals surface area (Å²) in [5.74, 6) is 0.113. The number of carbonyl (C=O) groups is 2. The second-order valence-electron chi connectivity index (χ2n) is 6.50. The fourth-order valence-corrected chi connectivity index (χ4v) is 3.20. The minimum absolute atomic E-state index is 0.0447. The van der Waals surface area contributed by atoms with E-state index in [1.54, 1.807) is 28.0 Å². The number of hydrogen-bond donors (Lipinski definition) is 1. The first-order valence-electron chi connectivity index (χ1n) is 8.55. The largest absolute Gasteiger partial charge is 0.467 e. The van der Waals surface area contributed by atoms with Crippen LogP contribution in [0.15, 0.2) is 47.3 Å². The fraction of sp³-hybridized carbons (Fsp3) is 0.278. The van der Waals surface area contributed by atoms with Gasteiger partial charge in [0.25, 0.3) is 0 Å². The van der Waals surface area contributed by atoms with Crippen LogP contribution in [-0.2, 0) is 16.1 Å². The zero-order valence-corrected chi connectivity index (χ0v) is 14.7. The predicted molar refractivity (Wildman–Crippen MR) is 94.8 cm³/mol. The molecule has 2 amide bonds. The van der Waals surface area contributed by atoms with Gasteiger partial charge < -0.3 is 14.6 Å². The highest BCUT2D eigenvalue weighted by Gasteiger charge is 2.34. The van der Waals surface area contributed by atoms with E-state index in [2.05, 4.69) is 20.8 Å².